The molecule has 5 nitrogen and oxygen atoms in total. The van der Waals surface area contributed by atoms with Crippen LogP contribution in [-0.2, 0) is 11.2 Å². The number of hydrogen-bond acceptors (Lipinski definition) is 3. The average Bonchev–Trinajstić information content (AvgIpc) is 2.65. The molecule has 1 atom stereocenters. The van der Waals surface area contributed by atoms with Gasteiger partial charge in [-0.25, -0.2) is 0 Å². The van der Waals surface area contributed by atoms with Crippen LogP contribution >= 0.6 is 0 Å². The van der Waals surface area contributed by atoms with E-state index in [1.807, 2.05) is 0 Å². The van der Waals surface area contributed by atoms with Crippen molar-refractivity contribution in [1.82, 2.24) is 5.32 Å². The van der Waals surface area contributed by atoms with Crippen LogP contribution in [0.5, 0.6) is 0 Å². The molecule has 16 heavy (non-hydrogen) atoms. The maximum Gasteiger partial charge on any atom is 0.272 e. The molecule has 1 aliphatic heterocycles. The minimum atomic E-state index is -0.401. The summed E-state index contributed by atoms with van der Waals surface area (Å²) in [5.74, 6) is -0.126. The molecule has 1 aromatic rings. The second-order valence-electron chi connectivity index (χ2n) is 3.87. The Hall–Kier alpha value is -1.91. The Balaban J connectivity index is 2.20. The van der Waals surface area contributed by atoms with Crippen LogP contribution in [-0.4, -0.2) is 17.4 Å². The molecule has 0 bridgehead atoms. The molecule has 0 aliphatic carbocycles. The Morgan fingerprint density at radius 2 is 2.19 bits per heavy atom. The van der Waals surface area contributed by atoms with Crippen LogP contribution in [0.3, 0.4) is 0 Å². The van der Waals surface area contributed by atoms with Gasteiger partial charge in [0.2, 0.25) is 5.91 Å². The summed E-state index contributed by atoms with van der Waals surface area (Å²) in [7, 11) is 0. The van der Waals surface area contributed by atoms with Crippen LogP contribution in [0.2, 0.25) is 0 Å². The van der Waals surface area contributed by atoms with E-state index in [0.29, 0.717) is 18.5 Å². The minimum Gasteiger partial charge on any atom is -0.356 e. The number of nitro groups is 1. The van der Waals surface area contributed by atoms with Gasteiger partial charge in [0.1, 0.15) is 0 Å². The number of nitrogens with zero attached hydrogens (tertiary/aromatic N) is 1. The number of rotatable bonds is 3. The molecule has 0 radical (unpaired) electrons. The summed E-state index contributed by atoms with van der Waals surface area (Å²) in [5.41, 5.74) is 0.733. The van der Waals surface area contributed by atoms with Crippen molar-refractivity contribution in [3.8, 4) is 0 Å². The van der Waals surface area contributed by atoms with Crippen molar-refractivity contribution in [3.05, 3.63) is 39.9 Å². The van der Waals surface area contributed by atoms with E-state index >= 15 is 0 Å². The lowest BCUT2D eigenvalue weighted by molar-refractivity contribution is -0.385. The molecule has 84 valence electrons. The van der Waals surface area contributed by atoms with E-state index in [1.165, 1.54) is 6.07 Å². The van der Waals surface area contributed by atoms with Crippen LogP contribution < -0.4 is 5.32 Å². The van der Waals surface area contributed by atoms with Gasteiger partial charge in [-0.3, -0.25) is 14.9 Å². The fourth-order valence-corrected chi connectivity index (χ4v) is 1.97. The average molecular weight is 220 g/mol. The van der Waals surface area contributed by atoms with Gasteiger partial charge in [-0.2, -0.15) is 0 Å². The first-order chi connectivity index (χ1) is 7.68. The Morgan fingerprint density at radius 1 is 1.44 bits per heavy atom. The smallest absolute Gasteiger partial charge is 0.272 e. The van der Waals surface area contributed by atoms with E-state index in [2.05, 4.69) is 5.32 Å². The number of amides is 1. The van der Waals surface area contributed by atoms with Gasteiger partial charge in [0.25, 0.3) is 5.69 Å². The first-order valence-corrected chi connectivity index (χ1v) is 5.18. The zero-order valence-electron chi connectivity index (χ0n) is 8.68. The Kier molecular flexibility index (Phi) is 2.85. The monoisotopic (exact) mass is 220 g/mol. The quantitative estimate of drug-likeness (QED) is 0.616. The fraction of sp³-hybridized carbons (Fsp3) is 0.364. The van der Waals surface area contributed by atoms with Crippen LogP contribution in [0.4, 0.5) is 5.69 Å². The predicted molar refractivity (Wildman–Crippen MR) is 57.9 cm³/mol. The molecule has 1 aliphatic rings. The third-order valence-electron chi connectivity index (χ3n) is 2.82. The molecular weight excluding hydrogens is 208 g/mol. The summed E-state index contributed by atoms with van der Waals surface area (Å²) in [6.45, 7) is 0.671. The number of nitrogens with one attached hydrogen (secondary N) is 1. The van der Waals surface area contributed by atoms with E-state index in [1.54, 1.807) is 18.2 Å². The van der Waals surface area contributed by atoms with Gasteiger partial charge in [0, 0.05) is 24.1 Å². The maximum atomic E-state index is 11.4. The maximum absolute atomic E-state index is 11.4. The van der Waals surface area contributed by atoms with Crippen LogP contribution in [0.15, 0.2) is 24.3 Å². The number of benzene rings is 1. The van der Waals surface area contributed by atoms with Gasteiger partial charge in [0.05, 0.1) is 4.92 Å². The van der Waals surface area contributed by atoms with Crippen molar-refractivity contribution in [1.29, 1.82) is 0 Å². The van der Waals surface area contributed by atoms with Crippen molar-refractivity contribution in [2.45, 2.75) is 12.8 Å². The second kappa shape index (κ2) is 4.30. The van der Waals surface area contributed by atoms with Crippen molar-refractivity contribution in [2.75, 3.05) is 6.54 Å². The van der Waals surface area contributed by atoms with Crippen molar-refractivity contribution >= 4 is 11.6 Å². The molecule has 1 heterocycles. The lowest BCUT2D eigenvalue weighted by atomic mass is 9.97. The van der Waals surface area contributed by atoms with E-state index in [-0.39, 0.29) is 17.5 Å². The normalized spacial score (nSPS) is 19.5. The number of carbonyl (C=O) groups is 1. The summed E-state index contributed by atoms with van der Waals surface area (Å²) in [5, 5.41) is 13.5. The number of hydrogen-bond donors (Lipinski definition) is 1. The highest BCUT2D eigenvalue weighted by Gasteiger charge is 2.26. The van der Waals surface area contributed by atoms with Crippen molar-refractivity contribution in [3.63, 3.8) is 0 Å². The van der Waals surface area contributed by atoms with Crippen molar-refractivity contribution < 1.29 is 9.72 Å². The zero-order chi connectivity index (χ0) is 11.5. The van der Waals surface area contributed by atoms with Gasteiger partial charge >= 0.3 is 0 Å². The van der Waals surface area contributed by atoms with Crippen molar-refractivity contribution in [2.24, 2.45) is 5.92 Å². The first-order valence-electron chi connectivity index (χ1n) is 5.18. The zero-order valence-corrected chi connectivity index (χ0v) is 8.68. The minimum absolute atomic E-state index is 0.00171. The molecule has 1 amide bonds. The van der Waals surface area contributed by atoms with E-state index in [4.69, 9.17) is 0 Å². The Morgan fingerprint density at radius 3 is 2.81 bits per heavy atom. The van der Waals surface area contributed by atoms with Crippen LogP contribution in [0.1, 0.15) is 12.0 Å². The molecule has 1 unspecified atom stereocenters. The van der Waals surface area contributed by atoms with Gasteiger partial charge in [-0.1, -0.05) is 18.2 Å². The molecule has 1 N–H and O–H groups in total. The highest BCUT2D eigenvalue weighted by molar-refractivity contribution is 5.81. The van der Waals surface area contributed by atoms with Crippen LogP contribution in [0.25, 0.3) is 0 Å². The lowest BCUT2D eigenvalue weighted by Gasteiger charge is -2.06. The molecule has 1 fully saturated rings. The van der Waals surface area contributed by atoms with E-state index < -0.39 is 4.92 Å². The Labute approximate surface area is 92.6 Å². The van der Waals surface area contributed by atoms with E-state index in [0.717, 1.165) is 6.42 Å². The summed E-state index contributed by atoms with van der Waals surface area (Å²) >= 11 is 0. The van der Waals surface area contributed by atoms with Gasteiger partial charge in [-0.15, -0.1) is 0 Å². The predicted octanol–water partition coefficient (Wildman–Crippen LogP) is 1.27. The second-order valence-corrected chi connectivity index (χ2v) is 3.87. The number of para-hydroxylation sites is 1. The van der Waals surface area contributed by atoms with Gasteiger partial charge < -0.3 is 5.32 Å². The molecule has 0 spiro atoms. The third kappa shape index (κ3) is 2.03. The summed E-state index contributed by atoms with van der Waals surface area (Å²) < 4.78 is 0. The topological polar surface area (TPSA) is 72.2 Å². The first kappa shape index (κ1) is 10.6. The molecule has 1 aromatic carbocycles. The lowest BCUT2D eigenvalue weighted by Crippen LogP contribution is -2.20. The molecule has 5 heteroatoms. The van der Waals surface area contributed by atoms with Gasteiger partial charge in [-0.05, 0) is 12.8 Å². The number of carbonyl (C=O) groups excluding carboxylic acids is 1. The van der Waals surface area contributed by atoms with Gasteiger partial charge in [0.15, 0.2) is 0 Å². The summed E-state index contributed by atoms with van der Waals surface area (Å²) in [6, 6.07) is 6.58. The van der Waals surface area contributed by atoms with E-state index in [9.17, 15) is 14.9 Å². The highest BCUT2D eigenvalue weighted by Crippen LogP contribution is 2.23. The molecule has 0 saturated carbocycles. The summed E-state index contributed by atoms with van der Waals surface area (Å²) in [6.07, 6.45) is 1.20. The SMILES string of the molecule is O=C1NCCC1Cc1ccccc1[N+](=O)[O-]. The molecule has 2 rings (SSSR count). The van der Waals surface area contributed by atoms with Crippen LogP contribution in [0, 0.1) is 16.0 Å². The number of nitro benzene ring substituents is 1. The molecule has 1 saturated heterocycles. The standard InChI is InChI=1S/C11H12N2O3/c14-11-9(5-6-12-11)7-8-3-1-2-4-10(8)13(15)16/h1-4,9H,5-7H2,(H,12,14). The summed E-state index contributed by atoms with van der Waals surface area (Å²) in [4.78, 5) is 21.8. The molecule has 0 aromatic heterocycles. The fourth-order valence-electron chi connectivity index (χ4n) is 1.97. The molecular formula is C11H12N2O3. The largest absolute Gasteiger partial charge is 0.356 e. The highest BCUT2D eigenvalue weighted by atomic mass is 16.6. The third-order valence-corrected chi connectivity index (χ3v) is 2.82. The Bertz CT molecular complexity index is 431.